The molecule has 0 saturated carbocycles. The van der Waals surface area contributed by atoms with E-state index in [1.54, 1.807) is 36.4 Å². The van der Waals surface area contributed by atoms with Crippen LogP contribution in [0.3, 0.4) is 0 Å². The fraction of sp³-hybridized carbons (Fsp3) is 0.103. The number of carboxylic acids is 1. The van der Waals surface area contributed by atoms with Crippen molar-refractivity contribution in [2.45, 2.75) is 18.6 Å². The first-order valence-corrected chi connectivity index (χ1v) is 11.6. The zero-order chi connectivity index (χ0) is 27.9. The summed E-state index contributed by atoms with van der Waals surface area (Å²) in [6.45, 7) is 0. The molecule has 39 heavy (non-hydrogen) atoms. The standard InChI is InChI=1S/C29H18F6N2O2/c30-19-10-8-17(9-11-19)16-4-6-18(7-5-16)28-36-27-21(2-1-3-24(27)32)25(15-26(38)39)37(28)20-12-13-23(31)22(14-20)29(33,34)35/h1-14,25H,15H2,(H,38,39). The van der Waals surface area contributed by atoms with Crippen LogP contribution in [0.25, 0.3) is 11.1 Å². The first-order valence-electron chi connectivity index (χ1n) is 11.6. The molecule has 10 heteroatoms. The molecule has 4 aromatic rings. The van der Waals surface area contributed by atoms with E-state index in [9.17, 15) is 36.2 Å². The zero-order valence-corrected chi connectivity index (χ0v) is 19.9. The summed E-state index contributed by atoms with van der Waals surface area (Å²) in [6.07, 6.45) is -5.63. The third kappa shape index (κ3) is 5.09. The molecule has 4 aromatic carbocycles. The summed E-state index contributed by atoms with van der Waals surface area (Å²) in [5.41, 5.74) is 0.0209. The Labute approximate surface area is 218 Å². The molecular weight excluding hydrogens is 522 g/mol. The van der Waals surface area contributed by atoms with E-state index in [2.05, 4.69) is 4.99 Å². The molecule has 5 rings (SSSR count). The Hall–Kier alpha value is -4.60. The number of benzene rings is 4. The third-order valence-corrected chi connectivity index (χ3v) is 6.36. The molecule has 1 unspecified atom stereocenters. The molecule has 0 saturated heterocycles. The summed E-state index contributed by atoms with van der Waals surface area (Å²) in [5.74, 6) is -3.95. The van der Waals surface area contributed by atoms with Crippen LogP contribution in [0.5, 0.6) is 0 Å². The molecule has 0 bridgehead atoms. The van der Waals surface area contributed by atoms with E-state index >= 15 is 0 Å². The minimum atomic E-state index is -5.02. The monoisotopic (exact) mass is 540 g/mol. The zero-order valence-electron chi connectivity index (χ0n) is 19.9. The van der Waals surface area contributed by atoms with Gasteiger partial charge in [0.2, 0.25) is 0 Å². The van der Waals surface area contributed by atoms with E-state index in [1.165, 1.54) is 29.2 Å². The van der Waals surface area contributed by atoms with Crippen molar-refractivity contribution in [1.82, 2.24) is 0 Å². The van der Waals surface area contributed by atoms with Crippen molar-refractivity contribution < 1.29 is 36.2 Å². The normalized spacial score (nSPS) is 15.1. The lowest BCUT2D eigenvalue weighted by molar-refractivity contribution is -0.140. The highest BCUT2D eigenvalue weighted by atomic mass is 19.4. The van der Waals surface area contributed by atoms with Crippen molar-refractivity contribution in [2.75, 3.05) is 4.90 Å². The van der Waals surface area contributed by atoms with Gasteiger partial charge in [0.25, 0.3) is 0 Å². The Balaban J connectivity index is 1.70. The number of aliphatic imine (C=N–C) groups is 1. The number of alkyl halides is 3. The first-order chi connectivity index (χ1) is 18.5. The average molecular weight is 540 g/mol. The highest BCUT2D eigenvalue weighted by Crippen LogP contribution is 2.44. The summed E-state index contributed by atoms with van der Waals surface area (Å²) in [5, 5.41) is 9.67. The largest absolute Gasteiger partial charge is 0.481 e. The predicted molar refractivity (Wildman–Crippen MR) is 133 cm³/mol. The van der Waals surface area contributed by atoms with E-state index in [0.717, 1.165) is 12.1 Å². The molecule has 0 amide bonds. The number of amidine groups is 1. The van der Waals surface area contributed by atoms with Gasteiger partial charge < -0.3 is 10.0 Å². The van der Waals surface area contributed by atoms with Crippen LogP contribution in [0.15, 0.2) is 89.9 Å². The Bertz CT molecular complexity index is 1580. The molecule has 0 radical (unpaired) electrons. The molecular formula is C29H18F6N2O2. The van der Waals surface area contributed by atoms with Crippen molar-refractivity contribution in [3.63, 3.8) is 0 Å². The molecule has 1 aliphatic heterocycles. The number of aliphatic carboxylic acids is 1. The second kappa shape index (κ2) is 9.94. The van der Waals surface area contributed by atoms with E-state index in [1.807, 2.05) is 0 Å². The summed E-state index contributed by atoms with van der Waals surface area (Å²) in [4.78, 5) is 17.5. The molecule has 0 spiro atoms. The predicted octanol–water partition coefficient (Wildman–Crippen LogP) is 7.90. The van der Waals surface area contributed by atoms with Gasteiger partial charge in [-0.2, -0.15) is 13.2 Å². The highest BCUT2D eigenvalue weighted by molar-refractivity contribution is 6.13. The smallest absolute Gasteiger partial charge is 0.419 e. The van der Waals surface area contributed by atoms with Crippen LogP contribution in [0.1, 0.15) is 29.2 Å². The number of anilines is 1. The van der Waals surface area contributed by atoms with E-state index in [4.69, 9.17) is 0 Å². The van der Waals surface area contributed by atoms with Crippen LogP contribution in [0.2, 0.25) is 0 Å². The maximum atomic E-state index is 14.9. The van der Waals surface area contributed by atoms with Crippen molar-refractivity contribution in [3.05, 3.63) is 119 Å². The molecule has 198 valence electrons. The second-order valence-corrected chi connectivity index (χ2v) is 8.84. The van der Waals surface area contributed by atoms with Gasteiger partial charge in [0.1, 0.15) is 29.0 Å². The van der Waals surface area contributed by atoms with E-state index in [0.29, 0.717) is 28.8 Å². The van der Waals surface area contributed by atoms with Crippen LogP contribution in [0, 0.1) is 17.5 Å². The maximum Gasteiger partial charge on any atom is 0.419 e. The summed E-state index contributed by atoms with van der Waals surface area (Å²) in [7, 11) is 0. The topological polar surface area (TPSA) is 52.9 Å². The summed E-state index contributed by atoms with van der Waals surface area (Å²) >= 11 is 0. The third-order valence-electron chi connectivity index (χ3n) is 6.36. The fourth-order valence-electron chi connectivity index (χ4n) is 4.57. The lowest BCUT2D eigenvalue weighted by Gasteiger charge is -2.38. The molecule has 1 aliphatic rings. The first kappa shape index (κ1) is 26.0. The van der Waals surface area contributed by atoms with Gasteiger partial charge in [0, 0.05) is 16.8 Å². The van der Waals surface area contributed by atoms with Gasteiger partial charge >= 0.3 is 12.1 Å². The lowest BCUT2D eigenvalue weighted by atomic mass is 9.94. The number of rotatable bonds is 5. The van der Waals surface area contributed by atoms with E-state index in [-0.39, 0.29) is 22.8 Å². The molecule has 1 heterocycles. The Morgan fingerprint density at radius 1 is 0.821 bits per heavy atom. The minimum absolute atomic E-state index is 0.0239. The molecule has 4 nitrogen and oxygen atoms in total. The lowest BCUT2D eigenvalue weighted by Crippen LogP contribution is -2.39. The molecule has 0 aromatic heterocycles. The number of para-hydroxylation sites is 1. The summed E-state index contributed by atoms with van der Waals surface area (Å²) in [6, 6.07) is 17.3. The Morgan fingerprint density at radius 2 is 1.44 bits per heavy atom. The Morgan fingerprint density at radius 3 is 2.05 bits per heavy atom. The van der Waals surface area contributed by atoms with Crippen LogP contribution >= 0.6 is 0 Å². The van der Waals surface area contributed by atoms with Crippen LogP contribution < -0.4 is 4.90 Å². The minimum Gasteiger partial charge on any atom is -0.481 e. The van der Waals surface area contributed by atoms with Crippen LogP contribution in [-0.4, -0.2) is 16.9 Å². The molecule has 1 N–H and O–H groups in total. The average Bonchev–Trinajstić information content (AvgIpc) is 2.89. The number of fused-ring (bicyclic) bond motifs is 1. The van der Waals surface area contributed by atoms with Gasteiger partial charge in [0.15, 0.2) is 0 Å². The SMILES string of the molecule is O=C(O)CC1c2cccc(F)c2N=C(c2ccc(-c3ccc(F)cc3)cc2)N1c1ccc(F)c(C(F)(F)F)c1. The van der Waals surface area contributed by atoms with Gasteiger partial charge in [-0.25, -0.2) is 18.2 Å². The molecule has 1 atom stereocenters. The molecule has 0 fully saturated rings. The fourth-order valence-corrected chi connectivity index (χ4v) is 4.57. The van der Waals surface area contributed by atoms with Gasteiger partial charge in [-0.05, 0) is 47.5 Å². The van der Waals surface area contributed by atoms with Gasteiger partial charge in [-0.15, -0.1) is 0 Å². The van der Waals surface area contributed by atoms with E-state index < -0.39 is 47.6 Å². The number of halogens is 6. The quantitative estimate of drug-likeness (QED) is 0.262. The van der Waals surface area contributed by atoms with Crippen LogP contribution in [0.4, 0.5) is 37.7 Å². The van der Waals surface area contributed by atoms with Gasteiger partial charge in [0.05, 0.1) is 18.0 Å². The summed E-state index contributed by atoms with van der Waals surface area (Å²) < 4.78 is 83.1. The number of carboxylic acid groups (broad SMARTS) is 1. The van der Waals surface area contributed by atoms with Crippen molar-refractivity contribution in [2.24, 2.45) is 4.99 Å². The van der Waals surface area contributed by atoms with Crippen molar-refractivity contribution in [1.29, 1.82) is 0 Å². The van der Waals surface area contributed by atoms with Crippen molar-refractivity contribution >= 4 is 23.2 Å². The number of hydrogen-bond acceptors (Lipinski definition) is 3. The molecule has 0 aliphatic carbocycles. The highest BCUT2D eigenvalue weighted by Gasteiger charge is 2.38. The number of carbonyl (C=O) groups is 1. The Kier molecular flexibility index (Phi) is 6.63. The number of hydrogen-bond donors (Lipinski definition) is 1. The maximum absolute atomic E-state index is 14.9. The van der Waals surface area contributed by atoms with Crippen molar-refractivity contribution in [3.8, 4) is 11.1 Å². The second-order valence-electron chi connectivity index (χ2n) is 8.84. The van der Waals surface area contributed by atoms with Crippen LogP contribution in [-0.2, 0) is 11.0 Å². The van der Waals surface area contributed by atoms with Gasteiger partial charge in [-0.1, -0.05) is 48.5 Å². The number of nitrogens with zero attached hydrogens (tertiary/aromatic N) is 2. The van der Waals surface area contributed by atoms with Gasteiger partial charge in [-0.3, -0.25) is 4.79 Å².